The van der Waals surface area contributed by atoms with Crippen LogP contribution in [-0.2, 0) is 4.74 Å². The summed E-state index contributed by atoms with van der Waals surface area (Å²) in [6, 6.07) is 6.71. The van der Waals surface area contributed by atoms with Crippen molar-refractivity contribution in [3.05, 3.63) is 28.2 Å². The molecule has 110 valence electrons. The highest BCUT2D eigenvalue weighted by molar-refractivity contribution is 9.10. The topological polar surface area (TPSA) is 38.5 Å². The summed E-state index contributed by atoms with van der Waals surface area (Å²) >= 11 is 8.61. The van der Waals surface area contributed by atoms with E-state index in [0.29, 0.717) is 11.0 Å². The lowest BCUT2D eigenvalue weighted by atomic mass is 10.1. The average Bonchev–Trinajstić information content (AvgIpc) is 3.22. The lowest BCUT2D eigenvalue weighted by Gasteiger charge is -2.31. The molecule has 3 nitrogen and oxygen atoms in total. The smallest absolute Gasteiger partial charge is 0.105 e. The maximum absolute atomic E-state index is 5.71. The number of nitrogens with two attached hydrogens (primary N) is 1. The number of hydrogen-bond acceptors (Lipinski definition) is 3. The first-order valence-corrected chi connectivity index (χ1v) is 8.09. The molecule has 0 heterocycles. The quantitative estimate of drug-likeness (QED) is 0.760. The van der Waals surface area contributed by atoms with Crippen molar-refractivity contribution >= 4 is 38.8 Å². The number of benzene rings is 1. The highest BCUT2D eigenvalue weighted by Gasteiger charge is 2.32. The molecule has 1 aromatic carbocycles. The Labute approximate surface area is 134 Å². The van der Waals surface area contributed by atoms with Crippen molar-refractivity contribution in [3.63, 3.8) is 0 Å². The van der Waals surface area contributed by atoms with Crippen LogP contribution in [0.15, 0.2) is 22.7 Å². The van der Waals surface area contributed by atoms with Gasteiger partial charge in [-0.1, -0.05) is 12.2 Å². The second kappa shape index (κ2) is 6.87. The minimum Gasteiger partial charge on any atom is -0.389 e. The third kappa shape index (κ3) is 3.71. The zero-order valence-electron chi connectivity index (χ0n) is 11.9. The van der Waals surface area contributed by atoms with E-state index < -0.39 is 0 Å². The van der Waals surface area contributed by atoms with Gasteiger partial charge in [0.05, 0.1) is 6.61 Å². The molecule has 0 radical (unpaired) electrons. The van der Waals surface area contributed by atoms with Gasteiger partial charge in [-0.15, -0.1) is 0 Å². The summed E-state index contributed by atoms with van der Waals surface area (Å²) in [5.74, 6) is 0.806. The zero-order chi connectivity index (χ0) is 14.7. The number of hydrogen-bond donors (Lipinski definition) is 1. The summed E-state index contributed by atoms with van der Waals surface area (Å²) in [5.41, 5.74) is 7.78. The van der Waals surface area contributed by atoms with Crippen LogP contribution in [0.1, 0.15) is 25.3 Å². The number of anilines is 1. The Kier molecular flexibility index (Phi) is 5.41. The van der Waals surface area contributed by atoms with Gasteiger partial charge in [0, 0.05) is 35.4 Å². The molecule has 2 rings (SSSR count). The fourth-order valence-corrected chi connectivity index (χ4v) is 3.36. The average molecular weight is 357 g/mol. The van der Waals surface area contributed by atoms with Crippen LogP contribution in [0.3, 0.4) is 0 Å². The van der Waals surface area contributed by atoms with Crippen LogP contribution < -0.4 is 10.6 Å². The number of rotatable bonds is 7. The van der Waals surface area contributed by atoms with Gasteiger partial charge >= 0.3 is 0 Å². The Morgan fingerprint density at radius 2 is 2.25 bits per heavy atom. The van der Waals surface area contributed by atoms with Crippen LogP contribution in [0.5, 0.6) is 0 Å². The van der Waals surface area contributed by atoms with Crippen molar-refractivity contribution in [3.8, 4) is 0 Å². The van der Waals surface area contributed by atoms with Gasteiger partial charge in [-0.05, 0) is 59.8 Å². The third-order valence-electron chi connectivity index (χ3n) is 3.88. The van der Waals surface area contributed by atoms with Crippen LogP contribution in [0, 0.1) is 5.92 Å². The van der Waals surface area contributed by atoms with E-state index in [4.69, 9.17) is 22.7 Å². The fraction of sp³-hybridized carbons (Fsp3) is 0.533. The maximum Gasteiger partial charge on any atom is 0.105 e. The van der Waals surface area contributed by atoms with Crippen LogP contribution in [0.2, 0.25) is 0 Å². The van der Waals surface area contributed by atoms with Gasteiger partial charge in [-0.3, -0.25) is 0 Å². The second-order valence-electron chi connectivity index (χ2n) is 5.29. The number of nitrogens with zero attached hydrogens (tertiary/aromatic N) is 1. The lowest BCUT2D eigenvalue weighted by Crippen LogP contribution is -2.37. The molecular weight excluding hydrogens is 336 g/mol. The zero-order valence-corrected chi connectivity index (χ0v) is 14.3. The van der Waals surface area contributed by atoms with Crippen molar-refractivity contribution in [1.29, 1.82) is 0 Å². The summed E-state index contributed by atoms with van der Waals surface area (Å²) in [6.07, 6.45) is 2.66. The predicted octanol–water partition coefficient (Wildman–Crippen LogP) is 3.33. The first-order chi connectivity index (χ1) is 9.54. The molecule has 1 unspecified atom stereocenters. The van der Waals surface area contributed by atoms with Crippen molar-refractivity contribution in [2.75, 3.05) is 25.2 Å². The normalized spacial score (nSPS) is 15.9. The minimum atomic E-state index is 0.419. The molecule has 20 heavy (non-hydrogen) atoms. The molecule has 1 aliphatic carbocycles. The molecule has 5 heteroatoms. The van der Waals surface area contributed by atoms with Crippen molar-refractivity contribution in [2.45, 2.75) is 25.8 Å². The number of thiocarbonyl (C=S) groups is 1. The summed E-state index contributed by atoms with van der Waals surface area (Å²) in [4.78, 5) is 2.83. The standard InChI is InChI=1S/C15H21BrN2OS/c1-10(11-3-4-11)18(7-8-19-2)12-5-6-13(15(17)20)14(16)9-12/h5-6,9-11H,3-4,7-8H2,1-2H3,(H2,17,20). The summed E-state index contributed by atoms with van der Waals surface area (Å²) in [7, 11) is 1.74. The maximum atomic E-state index is 5.71. The molecule has 1 aliphatic rings. The molecular formula is C15H21BrN2OS. The van der Waals surface area contributed by atoms with E-state index in [2.05, 4.69) is 39.9 Å². The Morgan fingerprint density at radius 3 is 2.75 bits per heavy atom. The lowest BCUT2D eigenvalue weighted by molar-refractivity contribution is 0.202. The van der Waals surface area contributed by atoms with Gasteiger partial charge < -0.3 is 15.4 Å². The second-order valence-corrected chi connectivity index (χ2v) is 6.59. The van der Waals surface area contributed by atoms with Crippen molar-refractivity contribution < 1.29 is 4.74 Å². The summed E-state index contributed by atoms with van der Waals surface area (Å²) in [5, 5.41) is 0. The van der Waals surface area contributed by atoms with Gasteiger partial charge in [-0.2, -0.15) is 0 Å². The molecule has 1 saturated carbocycles. The predicted molar refractivity (Wildman–Crippen MR) is 91.4 cm³/mol. The minimum absolute atomic E-state index is 0.419. The Morgan fingerprint density at radius 1 is 1.55 bits per heavy atom. The third-order valence-corrected chi connectivity index (χ3v) is 4.76. The Bertz CT molecular complexity index is 491. The number of halogens is 1. The SMILES string of the molecule is COCCN(c1ccc(C(N)=S)c(Br)c1)C(C)C1CC1. The molecule has 0 amide bonds. The van der Waals surface area contributed by atoms with E-state index >= 15 is 0 Å². The molecule has 0 aliphatic heterocycles. The fourth-order valence-electron chi connectivity index (χ4n) is 2.47. The molecule has 2 N–H and O–H groups in total. The van der Waals surface area contributed by atoms with E-state index in [9.17, 15) is 0 Å². The van der Waals surface area contributed by atoms with Gasteiger partial charge in [0.2, 0.25) is 0 Å². The van der Waals surface area contributed by atoms with Crippen molar-refractivity contribution in [1.82, 2.24) is 0 Å². The van der Waals surface area contributed by atoms with Gasteiger partial charge in [0.1, 0.15) is 4.99 Å². The summed E-state index contributed by atoms with van der Waals surface area (Å²) in [6.45, 7) is 3.92. The van der Waals surface area contributed by atoms with E-state index in [0.717, 1.165) is 29.1 Å². The molecule has 0 spiro atoms. The first kappa shape index (κ1) is 15.7. The van der Waals surface area contributed by atoms with Crippen molar-refractivity contribution in [2.24, 2.45) is 11.7 Å². The summed E-state index contributed by atoms with van der Waals surface area (Å²) < 4.78 is 6.19. The molecule has 1 atom stereocenters. The van der Waals surface area contributed by atoms with E-state index in [1.54, 1.807) is 7.11 Å². The first-order valence-electron chi connectivity index (χ1n) is 6.89. The molecule has 0 saturated heterocycles. The van der Waals surface area contributed by atoms with E-state index in [1.807, 2.05) is 6.07 Å². The molecule has 1 fully saturated rings. The number of ether oxygens (including phenoxy) is 1. The largest absolute Gasteiger partial charge is 0.389 e. The molecule has 1 aromatic rings. The van der Waals surface area contributed by atoms with Crippen LogP contribution in [0.4, 0.5) is 5.69 Å². The highest BCUT2D eigenvalue weighted by atomic mass is 79.9. The van der Waals surface area contributed by atoms with Gasteiger partial charge in [0.15, 0.2) is 0 Å². The Balaban J connectivity index is 2.23. The monoisotopic (exact) mass is 356 g/mol. The Hall–Kier alpha value is -0.650. The van der Waals surface area contributed by atoms with E-state index in [1.165, 1.54) is 18.5 Å². The number of methoxy groups -OCH3 is 1. The van der Waals surface area contributed by atoms with Gasteiger partial charge in [-0.25, -0.2) is 0 Å². The van der Waals surface area contributed by atoms with Crippen LogP contribution in [-0.4, -0.2) is 31.3 Å². The van der Waals surface area contributed by atoms with Crippen LogP contribution in [0.25, 0.3) is 0 Å². The van der Waals surface area contributed by atoms with Gasteiger partial charge in [0.25, 0.3) is 0 Å². The van der Waals surface area contributed by atoms with Crippen LogP contribution >= 0.6 is 28.1 Å². The molecule has 0 aromatic heterocycles. The highest BCUT2D eigenvalue weighted by Crippen LogP contribution is 2.37. The van der Waals surface area contributed by atoms with E-state index in [-0.39, 0.29) is 0 Å². The molecule has 0 bridgehead atoms.